The van der Waals surface area contributed by atoms with E-state index in [0.29, 0.717) is 18.9 Å². The van der Waals surface area contributed by atoms with E-state index in [2.05, 4.69) is 24.9 Å². The molecule has 152 valence electrons. The van der Waals surface area contributed by atoms with Crippen molar-refractivity contribution in [1.29, 1.82) is 0 Å². The van der Waals surface area contributed by atoms with Gasteiger partial charge in [0.05, 0.1) is 6.10 Å². The van der Waals surface area contributed by atoms with E-state index < -0.39 is 16.5 Å². The standard InChI is InChI=1S/C20H31NO5S/c1-4-6-9-16(5-2)19(14-15(3)26-27(22,23)24)25-20-18-11-8-7-10-17(18)12-13-21-20/h7-8,10-11,15-16,19H,4-6,9,12-14H2,1-3H3,(H,22,23,24). The van der Waals surface area contributed by atoms with Crippen molar-refractivity contribution in [1.82, 2.24) is 0 Å². The lowest BCUT2D eigenvalue weighted by molar-refractivity contribution is 0.0610. The Balaban J connectivity index is 2.19. The molecule has 0 aromatic heterocycles. The molecule has 6 nitrogen and oxygen atoms in total. The predicted molar refractivity (Wildman–Crippen MR) is 106 cm³/mol. The Kier molecular flexibility index (Phi) is 8.26. The van der Waals surface area contributed by atoms with Gasteiger partial charge >= 0.3 is 10.4 Å². The lowest BCUT2D eigenvalue weighted by Gasteiger charge is -2.30. The number of hydrogen-bond acceptors (Lipinski definition) is 5. The molecule has 3 atom stereocenters. The van der Waals surface area contributed by atoms with Crippen LogP contribution in [-0.4, -0.2) is 37.6 Å². The maximum atomic E-state index is 11.1. The molecule has 27 heavy (non-hydrogen) atoms. The second kappa shape index (κ2) is 10.2. The first-order chi connectivity index (χ1) is 12.8. The quantitative estimate of drug-likeness (QED) is 0.598. The van der Waals surface area contributed by atoms with E-state index in [1.165, 1.54) is 5.56 Å². The van der Waals surface area contributed by atoms with Crippen LogP contribution in [0.3, 0.4) is 0 Å². The molecule has 1 aromatic rings. The van der Waals surface area contributed by atoms with Crippen molar-refractivity contribution in [2.75, 3.05) is 6.54 Å². The Labute approximate surface area is 162 Å². The molecule has 3 unspecified atom stereocenters. The zero-order valence-corrected chi connectivity index (χ0v) is 17.2. The highest BCUT2D eigenvalue weighted by molar-refractivity contribution is 7.80. The number of nitrogens with zero attached hydrogens (tertiary/aromatic N) is 1. The smallest absolute Gasteiger partial charge is 0.397 e. The number of fused-ring (bicyclic) bond motifs is 1. The predicted octanol–water partition coefficient (Wildman–Crippen LogP) is 4.19. The first-order valence-corrected chi connectivity index (χ1v) is 11.2. The Hall–Kier alpha value is -1.44. The molecule has 0 radical (unpaired) electrons. The lowest BCUT2D eigenvalue weighted by atomic mass is 9.90. The highest BCUT2D eigenvalue weighted by Gasteiger charge is 2.28. The van der Waals surface area contributed by atoms with Gasteiger partial charge in [0.1, 0.15) is 6.10 Å². The molecule has 1 aliphatic rings. The van der Waals surface area contributed by atoms with E-state index in [1.807, 2.05) is 18.2 Å². The summed E-state index contributed by atoms with van der Waals surface area (Å²) in [5.74, 6) is 0.880. The third-order valence-electron chi connectivity index (χ3n) is 4.98. The van der Waals surface area contributed by atoms with Crippen molar-refractivity contribution in [3.63, 3.8) is 0 Å². The van der Waals surface area contributed by atoms with Gasteiger partial charge in [-0.1, -0.05) is 44.9 Å². The van der Waals surface area contributed by atoms with Gasteiger partial charge in [-0.15, -0.1) is 0 Å². The molecule has 1 heterocycles. The molecular formula is C20H31NO5S. The summed E-state index contributed by atoms with van der Waals surface area (Å²) in [6.07, 6.45) is 4.41. The zero-order valence-electron chi connectivity index (χ0n) is 16.4. The Morgan fingerprint density at radius 2 is 2.00 bits per heavy atom. The van der Waals surface area contributed by atoms with E-state index in [0.717, 1.165) is 37.7 Å². The largest absolute Gasteiger partial charge is 0.474 e. The maximum Gasteiger partial charge on any atom is 0.397 e. The highest BCUT2D eigenvalue weighted by Crippen LogP contribution is 2.27. The fraction of sp³-hybridized carbons (Fsp3) is 0.650. The summed E-state index contributed by atoms with van der Waals surface area (Å²) in [5.41, 5.74) is 2.22. The second-order valence-corrected chi connectivity index (χ2v) is 8.18. The Bertz CT molecular complexity index is 732. The van der Waals surface area contributed by atoms with Crippen molar-refractivity contribution >= 4 is 16.3 Å². The second-order valence-electron chi connectivity index (χ2n) is 7.13. The third kappa shape index (κ3) is 6.90. The number of hydrogen-bond donors (Lipinski definition) is 1. The summed E-state index contributed by atoms with van der Waals surface area (Å²) in [5, 5.41) is 0. The van der Waals surface area contributed by atoms with Crippen LogP contribution in [0.15, 0.2) is 29.3 Å². The average molecular weight is 398 g/mol. The normalized spacial score (nSPS) is 17.6. The zero-order chi connectivity index (χ0) is 19.9. The molecule has 1 N–H and O–H groups in total. The summed E-state index contributed by atoms with van der Waals surface area (Å²) >= 11 is 0. The third-order valence-corrected chi connectivity index (χ3v) is 5.55. The van der Waals surface area contributed by atoms with Gasteiger partial charge in [0, 0.05) is 18.5 Å². The molecule has 0 fully saturated rings. The average Bonchev–Trinajstić information content (AvgIpc) is 2.61. The van der Waals surface area contributed by atoms with Gasteiger partial charge in [0.25, 0.3) is 0 Å². The number of benzene rings is 1. The van der Waals surface area contributed by atoms with Crippen LogP contribution in [0.25, 0.3) is 0 Å². The highest BCUT2D eigenvalue weighted by atomic mass is 32.3. The topological polar surface area (TPSA) is 85.2 Å². The minimum atomic E-state index is -4.49. The molecular weight excluding hydrogens is 366 g/mol. The van der Waals surface area contributed by atoms with Crippen LogP contribution in [0.5, 0.6) is 0 Å². The van der Waals surface area contributed by atoms with Crippen LogP contribution >= 0.6 is 0 Å². The summed E-state index contributed by atoms with van der Waals surface area (Å²) < 4.78 is 42.2. The summed E-state index contributed by atoms with van der Waals surface area (Å²) in [6.45, 7) is 6.57. The van der Waals surface area contributed by atoms with Crippen LogP contribution in [0.2, 0.25) is 0 Å². The van der Waals surface area contributed by atoms with Crippen LogP contribution < -0.4 is 0 Å². The molecule has 1 aliphatic heterocycles. The van der Waals surface area contributed by atoms with Crippen molar-refractivity contribution in [3.8, 4) is 0 Å². The van der Waals surface area contributed by atoms with E-state index in [-0.39, 0.29) is 12.0 Å². The SMILES string of the molecule is CCCCC(CC)C(CC(C)OS(=O)(=O)O)OC1=NCCc2ccccc21. The Morgan fingerprint density at radius 3 is 2.67 bits per heavy atom. The van der Waals surface area contributed by atoms with Crippen molar-refractivity contribution < 1.29 is 21.9 Å². The van der Waals surface area contributed by atoms with Gasteiger partial charge in [0.15, 0.2) is 0 Å². The number of rotatable bonds is 10. The molecule has 0 bridgehead atoms. The minimum Gasteiger partial charge on any atom is -0.474 e. The molecule has 0 aliphatic carbocycles. The lowest BCUT2D eigenvalue weighted by Crippen LogP contribution is -2.33. The van der Waals surface area contributed by atoms with Crippen molar-refractivity contribution in [3.05, 3.63) is 35.4 Å². The fourth-order valence-corrected chi connectivity index (χ4v) is 4.08. The van der Waals surface area contributed by atoms with Gasteiger partial charge in [-0.25, -0.2) is 4.18 Å². The molecule has 7 heteroatoms. The summed E-state index contributed by atoms with van der Waals surface area (Å²) in [7, 11) is -4.49. The van der Waals surface area contributed by atoms with E-state index >= 15 is 0 Å². The fourth-order valence-electron chi connectivity index (χ4n) is 3.58. The number of ether oxygens (including phenoxy) is 1. The molecule has 0 saturated carbocycles. The summed E-state index contributed by atoms with van der Waals surface area (Å²) in [4.78, 5) is 4.58. The van der Waals surface area contributed by atoms with E-state index in [1.54, 1.807) is 6.92 Å². The minimum absolute atomic E-state index is 0.233. The van der Waals surface area contributed by atoms with Crippen molar-refractivity contribution in [2.45, 2.75) is 71.5 Å². The van der Waals surface area contributed by atoms with Gasteiger partial charge in [-0.2, -0.15) is 8.42 Å². The Morgan fingerprint density at radius 1 is 1.26 bits per heavy atom. The molecule has 0 spiro atoms. The van der Waals surface area contributed by atoms with Crippen LogP contribution in [0.1, 0.15) is 64.0 Å². The van der Waals surface area contributed by atoms with E-state index in [9.17, 15) is 8.42 Å². The first-order valence-electron chi connectivity index (χ1n) is 9.79. The molecule has 0 amide bonds. The van der Waals surface area contributed by atoms with Gasteiger partial charge in [-0.3, -0.25) is 9.55 Å². The van der Waals surface area contributed by atoms with Crippen LogP contribution in [0, 0.1) is 5.92 Å². The number of unbranched alkanes of at least 4 members (excludes halogenated alkanes) is 1. The van der Waals surface area contributed by atoms with E-state index in [4.69, 9.17) is 13.5 Å². The van der Waals surface area contributed by atoms with Crippen LogP contribution in [-0.2, 0) is 25.7 Å². The van der Waals surface area contributed by atoms with Crippen LogP contribution in [0.4, 0.5) is 0 Å². The van der Waals surface area contributed by atoms with Gasteiger partial charge < -0.3 is 4.74 Å². The van der Waals surface area contributed by atoms with Gasteiger partial charge in [0.2, 0.25) is 5.90 Å². The summed E-state index contributed by atoms with van der Waals surface area (Å²) in [6, 6.07) is 8.07. The number of aliphatic imine (C=N–C) groups is 1. The molecule has 2 rings (SSSR count). The first kappa shape index (κ1) is 21.9. The van der Waals surface area contributed by atoms with Crippen molar-refractivity contribution in [2.24, 2.45) is 10.9 Å². The molecule has 1 aromatic carbocycles. The molecule has 0 saturated heterocycles. The monoisotopic (exact) mass is 397 g/mol. The maximum absolute atomic E-state index is 11.1. The van der Waals surface area contributed by atoms with Gasteiger partial charge in [-0.05, 0) is 43.7 Å².